The van der Waals surface area contributed by atoms with Crippen molar-refractivity contribution in [3.63, 3.8) is 0 Å². The predicted octanol–water partition coefficient (Wildman–Crippen LogP) is 4.38. The normalized spacial score (nSPS) is 25.8. The summed E-state index contributed by atoms with van der Waals surface area (Å²) in [7, 11) is 2.14. The second-order valence-corrected chi connectivity index (χ2v) is 9.34. The van der Waals surface area contributed by atoms with Crippen molar-refractivity contribution in [3.8, 4) is 17.1 Å². The van der Waals surface area contributed by atoms with Crippen LogP contribution in [0.1, 0.15) is 45.4 Å². The van der Waals surface area contributed by atoms with Crippen molar-refractivity contribution < 1.29 is 9.84 Å². The van der Waals surface area contributed by atoms with Crippen LogP contribution < -0.4 is 10.1 Å². The van der Waals surface area contributed by atoms with Gasteiger partial charge in [-0.1, -0.05) is 17.7 Å². The van der Waals surface area contributed by atoms with Gasteiger partial charge >= 0.3 is 0 Å². The summed E-state index contributed by atoms with van der Waals surface area (Å²) in [6, 6.07) is 8.02. The Hall–Kier alpha value is -1.89. The molecule has 6 nitrogen and oxygen atoms in total. The van der Waals surface area contributed by atoms with Gasteiger partial charge in [0.15, 0.2) is 0 Å². The smallest absolute Gasteiger partial charge is 0.214 e. The fourth-order valence-corrected chi connectivity index (χ4v) is 4.42. The first-order chi connectivity index (χ1) is 14.4. The van der Waals surface area contributed by atoms with Crippen LogP contribution in [-0.4, -0.2) is 57.9 Å². The van der Waals surface area contributed by atoms with Gasteiger partial charge in [-0.3, -0.25) is 0 Å². The lowest BCUT2D eigenvalue weighted by atomic mass is 9.83. The zero-order chi connectivity index (χ0) is 21.1. The summed E-state index contributed by atoms with van der Waals surface area (Å²) < 4.78 is 6.17. The Bertz CT molecular complexity index is 858. The number of piperidine rings is 1. The second kappa shape index (κ2) is 9.08. The molecule has 0 radical (unpaired) electrons. The van der Waals surface area contributed by atoms with Crippen LogP contribution in [0.25, 0.3) is 11.3 Å². The summed E-state index contributed by atoms with van der Waals surface area (Å²) in [5.41, 5.74) is 2.09. The highest BCUT2D eigenvalue weighted by Gasteiger charge is 2.29. The molecule has 0 aromatic carbocycles. The highest BCUT2D eigenvalue weighted by Crippen LogP contribution is 2.34. The number of halogens is 1. The lowest BCUT2D eigenvalue weighted by Gasteiger charge is -2.34. The average molecular weight is 431 g/mol. The van der Waals surface area contributed by atoms with Crippen molar-refractivity contribution in [2.75, 3.05) is 25.5 Å². The standard InChI is InChI=1S/C23H31ClN4O2/c1-23(29)10-6-16(7-11-23)26-20-14-21(24)25-15-18(20)19-4-3-5-22(27-19)30-17-8-12-28(2)13-9-17/h3-5,14-17,29H,6-13H2,1-2H3,(H,25,26). The second-order valence-electron chi connectivity index (χ2n) is 8.95. The largest absolute Gasteiger partial charge is 0.474 e. The minimum absolute atomic E-state index is 0.208. The number of aliphatic hydroxyl groups is 1. The first-order valence-corrected chi connectivity index (χ1v) is 11.2. The molecule has 2 fully saturated rings. The van der Waals surface area contributed by atoms with Crippen molar-refractivity contribution in [1.29, 1.82) is 0 Å². The van der Waals surface area contributed by atoms with Crippen LogP contribution in [0.3, 0.4) is 0 Å². The van der Waals surface area contributed by atoms with E-state index >= 15 is 0 Å². The van der Waals surface area contributed by atoms with E-state index in [9.17, 15) is 5.11 Å². The van der Waals surface area contributed by atoms with Crippen molar-refractivity contribution in [2.24, 2.45) is 0 Å². The number of ether oxygens (including phenoxy) is 1. The Balaban J connectivity index is 1.51. The molecule has 162 valence electrons. The number of anilines is 1. The summed E-state index contributed by atoms with van der Waals surface area (Å²) in [6.45, 7) is 4.01. The highest BCUT2D eigenvalue weighted by atomic mass is 35.5. The summed E-state index contributed by atoms with van der Waals surface area (Å²) in [5.74, 6) is 0.650. The maximum atomic E-state index is 10.2. The van der Waals surface area contributed by atoms with E-state index in [-0.39, 0.29) is 6.10 Å². The van der Waals surface area contributed by atoms with Gasteiger partial charge in [0.2, 0.25) is 5.88 Å². The van der Waals surface area contributed by atoms with Gasteiger partial charge < -0.3 is 20.1 Å². The van der Waals surface area contributed by atoms with Crippen LogP contribution in [-0.2, 0) is 0 Å². The van der Waals surface area contributed by atoms with Crippen LogP contribution in [0.5, 0.6) is 5.88 Å². The number of hydrogen-bond acceptors (Lipinski definition) is 6. The molecule has 1 saturated heterocycles. The van der Waals surface area contributed by atoms with Crippen LogP contribution in [0.15, 0.2) is 30.5 Å². The summed E-state index contributed by atoms with van der Waals surface area (Å²) >= 11 is 6.20. The number of aromatic nitrogens is 2. The van der Waals surface area contributed by atoms with Gasteiger partial charge in [0.1, 0.15) is 11.3 Å². The summed E-state index contributed by atoms with van der Waals surface area (Å²) in [4.78, 5) is 11.4. The molecule has 0 amide bonds. The SMILES string of the molecule is CN1CCC(Oc2cccc(-c3cnc(Cl)cc3NC3CCC(C)(O)CC3)n2)CC1. The molecule has 30 heavy (non-hydrogen) atoms. The molecule has 0 spiro atoms. The van der Waals surface area contributed by atoms with Gasteiger partial charge in [-0.2, -0.15) is 0 Å². The lowest BCUT2D eigenvalue weighted by molar-refractivity contribution is 0.0196. The minimum atomic E-state index is -0.557. The molecule has 1 aliphatic heterocycles. The number of hydrogen-bond donors (Lipinski definition) is 2. The third-order valence-electron chi connectivity index (χ3n) is 6.25. The van der Waals surface area contributed by atoms with Gasteiger partial charge in [-0.15, -0.1) is 0 Å². The number of pyridine rings is 2. The van der Waals surface area contributed by atoms with E-state index in [1.165, 1.54) is 0 Å². The molecule has 0 atom stereocenters. The molecule has 2 aliphatic rings. The minimum Gasteiger partial charge on any atom is -0.474 e. The summed E-state index contributed by atoms with van der Waals surface area (Å²) in [5, 5.41) is 14.3. The lowest BCUT2D eigenvalue weighted by Crippen LogP contribution is -2.36. The van der Waals surface area contributed by atoms with E-state index in [2.05, 4.69) is 22.2 Å². The average Bonchev–Trinajstić information content (AvgIpc) is 2.72. The zero-order valence-corrected chi connectivity index (χ0v) is 18.5. The van der Waals surface area contributed by atoms with Gasteiger partial charge in [0.25, 0.3) is 0 Å². The molecule has 0 bridgehead atoms. The number of nitrogens with one attached hydrogen (secondary N) is 1. The maximum absolute atomic E-state index is 10.2. The Labute approximate surface area is 183 Å². The third kappa shape index (κ3) is 5.42. The van der Waals surface area contributed by atoms with Gasteiger partial charge in [-0.25, -0.2) is 9.97 Å². The van der Waals surface area contributed by atoms with Crippen molar-refractivity contribution in [1.82, 2.24) is 14.9 Å². The molecule has 4 rings (SSSR count). The molecule has 1 saturated carbocycles. The van der Waals surface area contributed by atoms with E-state index in [0.29, 0.717) is 17.1 Å². The molecule has 2 N–H and O–H groups in total. The van der Waals surface area contributed by atoms with E-state index in [1.54, 1.807) is 6.20 Å². The fraction of sp³-hybridized carbons (Fsp3) is 0.565. The van der Waals surface area contributed by atoms with E-state index in [4.69, 9.17) is 21.3 Å². The molecule has 2 aromatic rings. The predicted molar refractivity (Wildman–Crippen MR) is 120 cm³/mol. The molecular weight excluding hydrogens is 400 g/mol. The van der Waals surface area contributed by atoms with Gasteiger partial charge in [0, 0.05) is 42.6 Å². The molecule has 2 aromatic heterocycles. The van der Waals surface area contributed by atoms with Crippen LogP contribution in [0, 0.1) is 0 Å². The number of rotatable bonds is 5. The highest BCUT2D eigenvalue weighted by molar-refractivity contribution is 6.29. The third-order valence-corrected chi connectivity index (χ3v) is 6.45. The van der Waals surface area contributed by atoms with E-state index < -0.39 is 5.60 Å². The number of nitrogens with zero attached hydrogens (tertiary/aromatic N) is 3. The van der Waals surface area contributed by atoms with E-state index in [0.717, 1.165) is 68.6 Å². The Morgan fingerprint density at radius 1 is 1.20 bits per heavy atom. The Morgan fingerprint density at radius 3 is 2.67 bits per heavy atom. The zero-order valence-electron chi connectivity index (χ0n) is 17.8. The first-order valence-electron chi connectivity index (χ1n) is 10.8. The molecule has 1 aliphatic carbocycles. The molecular formula is C23H31ClN4O2. The number of likely N-dealkylation sites (tertiary alicyclic amines) is 1. The molecule has 3 heterocycles. The van der Waals surface area contributed by atoms with Gasteiger partial charge in [-0.05, 0) is 64.6 Å². The molecule has 7 heteroatoms. The summed E-state index contributed by atoms with van der Waals surface area (Å²) in [6.07, 6.45) is 7.42. The monoisotopic (exact) mass is 430 g/mol. The van der Waals surface area contributed by atoms with Gasteiger partial charge in [0.05, 0.1) is 11.3 Å². The first kappa shape index (κ1) is 21.3. The fourth-order valence-electron chi connectivity index (χ4n) is 4.26. The van der Waals surface area contributed by atoms with E-state index in [1.807, 2.05) is 31.2 Å². The van der Waals surface area contributed by atoms with Crippen molar-refractivity contribution in [3.05, 3.63) is 35.6 Å². The Morgan fingerprint density at radius 2 is 1.93 bits per heavy atom. The van der Waals surface area contributed by atoms with Crippen molar-refractivity contribution in [2.45, 2.75) is 63.2 Å². The van der Waals surface area contributed by atoms with Crippen LogP contribution >= 0.6 is 11.6 Å². The maximum Gasteiger partial charge on any atom is 0.214 e. The Kier molecular flexibility index (Phi) is 6.46. The molecule has 0 unspecified atom stereocenters. The van der Waals surface area contributed by atoms with Crippen molar-refractivity contribution >= 4 is 17.3 Å². The topological polar surface area (TPSA) is 70.5 Å². The quantitative estimate of drug-likeness (QED) is 0.686. The van der Waals surface area contributed by atoms with Crippen LogP contribution in [0.4, 0.5) is 5.69 Å². The van der Waals surface area contributed by atoms with Crippen LogP contribution in [0.2, 0.25) is 5.15 Å².